The van der Waals surface area contributed by atoms with E-state index >= 15 is 0 Å². The number of rotatable bonds is 9. The van der Waals surface area contributed by atoms with Gasteiger partial charge in [-0.1, -0.05) is 19.8 Å². The Kier molecular flexibility index (Phi) is 7.57. The maximum Gasteiger partial charge on any atom is 0.320 e. The first-order valence-corrected chi connectivity index (χ1v) is 19.1. The van der Waals surface area contributed by atoms with Gasteiger partial charge >= 0.3 is 25.7 Å². The molecule has 0 rings (SSSR count). The van der Waals surface area contributed by atoms with Crippen LogP contribution < -0.4 is 0 Å². The number of hydrogen-bond donors (Lipinski definition) is 1. The fourth-order valence-electron chi connectivity index (χ4n) is 2.55. The van der Waals surface area contributed by atoms with Crippen LogP contribution >= 0.6 is 0 Å². The van der Waals surface area contributed by atoms with Crippen LogP contribution in [0.25, 0.3) is 0 Å². The lowest BCUT2D eigenvalue weighted by Gasteiger charge is -2.39. The maximum atomic E-state index is 9.95. The first kappa shape index (κ1) is 20.7. The Hall–Kier alpha value is 0.708. The minimum absolute atomic E-state index is 1.17. The molecule has 0 fully saturated rings. The SMILES string of the molecule is CCCC[Si](C)(C)O[Si](C)(C)O[Si](C)(C)O[Si](C)(C)O. The highest BCUT2D eigenvalue weighted by Gasteiger charge is 2.42. The van der Waals surface area contributed by atoms with Crippen LogP contribution in [0.3, 0.4) is 0 Å². The average Bonchev–Trinajstić information content (AvgIpc) is 2.05. The zero-order chi connectivity index (χ0) is 16.2. The van der Waals surface area contributed by atoms with E-state index in [1.54, 1.807) is 13.1 Å². The van der Waals surface area contributed by atoms with Crippen LogP contribution in [-0.4, -0.2) is 38.8 Å². The number of unbranched alkanes of at least 4 members (excludes halogenated alkanes) is 1. The molecule has 0 amide bonds. The fraction of sp³-hybridized carbons (Fsp3) is 1.00. The van der Waals surface area contributed by atoms with Gasteiger partial charge in [-0.25, -0.2) is 0 Å². The molecule has 0 spiro atoms. The summed E-state index contributed by atoms with van der Waals surface area (Å²) < 4.78 is 18.5. The molecule has 0 aliphatic rings. The standard InChI is InChI=1S/C12H34O4Si4/c1-10-11-12-17(2,3)14-19(6,7)16-20(8,9)15-18(4,5)13/h13H,10-12H2,1-9H3. The fourth-order valence-corrected chi connectivity index (χ4v) is 20.1. The molecule has 20 heavy (non-hydrogen) atoms. The van der Waals surface area contributed by atoms with Crippen molar-refractivity contribution in [2.24, 2.45) is 0 Å². The van der Waals surface area contributed by atoms with E-state index in [9.17, 15) is 4.80 Å². The maximum absolute atomic E-state index is 9.95. The first-order chi connectivity index (χ1) is 8.68. The predicted octanol–water partition coefficient (Wildman–Crippen LogP) is 4.14. The third-order valence-corrected chi connectivity index (χ3v) is 16.3. The van der Waals surface area contributed by atoms with Crippen molar-refractivity contribution in [2.45, 2.75) is 78.2 Å². The number of hydrogen-bond acceptors (Lipinski definition) is 4. The second-order valence-corrected chi connectivity index (χ2v) is 22.4. The Balaban J connectivity index is 4.65. The van der Waals surface area contributed by atoms with Crippen molar-refractivity contribution in [1.29, 1.82) is 0 Å². The smallest absolute Gasteiger partial charge is 0.320 e. The van der Waals surface area contributed by atoms with Gasteiger partial charge in [-0.2, -0.15) is 0 Å². The monoisotopic (exact) mass is 354 g/mol. The van der Waals surface area contributed by atoms with Gasteiger partial charge in [0.1, 0.15) is 0 Å². The molecule has 4 nitrogen and oxygen atoms in total. The summed E-state index contributed by atoms with van der Waals surface area (Å²) in [6, 6.07) is 1.17. The molecule has 0 aromatic carbocycles. The van der Waals surface area contributed by atoms with E-state index in [0.717, 1.165) is 0 Å². The quantitative estimate of drug-likeness (QED) is 0.632. The molecule has 0 saturated heterocycles. The van der Waals surface area contributed by atoms with Gasteiger partial charge in [0, 0.05) is 0 Å². The summed E-state index contributed by atoms with van der Waals surface area (Å²) >= 11 is 0. The third kappa shape index (κ3) is 10.4. The molecule has 1 N–H and O–H groups in total. The van der Waals surface area contributed by atoms with Gasteiger partial charge in [0.05, 0.1) is 0 Å². The Labute approximate surface area is 129 Å². The largest absolute Gasteiger partial charge is 0.436 e. The van der Waals surface area contributed by atoms with Crippen molar-refractivity contribution in [3.05, 3.63) is 0 Å². The molecule has 0 aromatic heterocycles. The van der Waals surface area contributed by atoms with Crippen molar-refractivity contribution < 1.29 is 17.1 Å². The summed E-state index contributed by atoms with van der Waals surface area (Å²) in [7, 11) is -8.77. The first-order valence-electron chi connectivity index (χ1n) is 7.51. The second kappa shape index (κ2) is 7.31. The van der Waals surface area contributed by atoms with E-state index in [-0.39, 0.29) is 0 Å². The van der Waals surface area contributed by atoms with Gasteiger partial charge in [-0.05, 0) is 58.4 Å². The minimum Gasteiger partial charge on any atom is -0.436 e. The molecular weight excluding hydrogens is 320 g/mol. The lowest BCUT2D eigenvalue weighted by molar-refractivity contribution is 0.296. The van der Waals surface area contributed by atoms with E-state index in [1.807, 2.05) is 13.1 Å². The molecule has 8 heteroatoms. The van der Waals surface area contributed by atoms with Gasteiger partial charge in [0.25, 0.3) is 0 Å². The molecule has 0 atom stereocenters. The highest BCUT2D eigenvalue weighted by atomic mass is 28.5. The van der Waals surface area contributed by atoms with Crippen LogP contribution in [0, 0.1) is 0 Å². The molecule has 0 bridgehead atoms. The summed E-state index contributed by atoms with van der Waals surface area (Å²) in [6.45, 7) is 18.5. The van der Waals surface area contributed by atoms with Crippen molar-refractivity contribution in [1.82, 2.24) is 0 Å². The molecule has 0 aromatic rings. The topological polar surface area (TPSA) is 47.9 Å². The Morgan fingerprint density at radius 3 is 1.60 bits per heavy atom. The summed E-state index contributed by atoms with van der Waals surface area (Å²) in [5.74, 6) is 0. The highest BCUT2D eigenvalue weighted by molar-refractivity contribution is 6.88. The molecule has 0 heterocycles. The van der Waals surface area contributed by atoms with E-state index in [1.165, 1.54) is 18.9 Å². The molecule has 0 radical (unpaired) electrons. The van der Waals surface area contributed by atoms with Crippen LogP contribution in [-0.2, 0) is 12.3 Å². The molecule has 0 aliphatic carbocycles. The van der Waals surface area contributed by atoms with Crippen LogP contribution in [0.2, 0.25) is 58.4 Å². The summed E-state index contributed by atoms with van der Waals surface area (Å²) in [4.78, 5) is 9.95. The van der Waals surface area contributed by atoms with Crippen LogP contribution in [0.4, 0.5) is 0 Å². The molecule has 0 aliphatic heterocycles. The predicted molar refractivity (Wildman–Crippen MR) is 95.1 cm³/mol. The average molecular weight is 355 g/mol. The highest BCUT2D eigenvalue weighted by Crippen LogP contribution is 2.25. The van der Waals surface area contributed by atoms with Crippen LogP contribution in [0.15, 0.2) is 0 Å². The van der Waals surface area contributed by atoms with Gasteiger partial charge in [0.2, 0.25) is 0 Å². The summed E-state index contributed by atoms with van der Waals surface area (Å²) in [5, 5.41) is 0. The lowest BCUT2D eigenvalue weighted by Crippen LogP contribution is -2.56. The Morgan fingerprint density at radius 1 is 0.750 bits per heavy atom. The zero-order valence-electron chi connectivity index (χ0n) is 14.8. The Bertz CT molecular complexity index is 300. The van der Waals surface area contributed by atoms with E-state index in [2.05, 4.69) is 33.1 Å². The zero-order valence-corrected chi connectivity index (χ0v) is 18.8. The van der Waals surface area contributed by atoms with Crippen LogP contribution in [0.1, 0.15) is 19.8 Å². The normalized spacial score (nSPS) is 14.7. The molecule has 0 unspecified atom stereocenters. The Morgan fingerprint density at radius 2 is 1.20 bits per heavy atom. The van der Waals surface area contributed by atoms with Gasteiger partial charge in [-0.15, -0.1) is 0 Å². The van der Waals surface area contributed by atoms with Crippen molar-refractivity contribution in [3.63, 3.8) is 0 Å². The molecule has 122 valence electrons. The van der Waals surface area contributed by atoms with Crippen molar-refractivity contribution in [2.75, 3.05) is 0 Å². The van der Waals surface area contributed by atoms with E-state index in [0.29, 0.717) is 0 Å². The van der Waals surface area contributed by atoms with E-state index < -0.39 is 34.0 Å². The van der Waals surface area contributed by atoms with Crippen molar-refractivity contribution in [3.8, 4) is 0 Å². The third-order valence-electron chi connectivity index (χ3n) is 2.64. The summed E-state index contributed by atoms with van der Waals surface area (Å²) in [6.07, 6.45) is 2.42. The summed E-state index contributed by atoms with van der Waals surface area (Å²) in [5.41, 5.74) is 0. The van der Waals surface area contributed by atoms with Gasteiger partial charge in [0.15, 0.2) is 8.32 Å². The molecular formula is C12H34O4Si4. The minimum atomic E-state index is -2.56. The molecule has 0 saturated carbocycles. The van der Waals surface area contributed by atoms with Gasteiger partial charge < -0.3 is 17.1 Å². The second-order valence-electron chi connectivity index (χ2n) is 7.42. The lowest BCUT2D eigenvalue weighted by atomic mass is 10.4. The van der Waals surface area contributed by atoms with Gasteiger partial charge in [-0.3, -0.25) is 0 Å². The van der Waals surface area contributed by atoms with E-state index in [4.69, 9.17) is 12.3 Å². The van der Waals surface area contributed by atoms with Crippen LogP contribution in [0.5, 0.6) is 0 Å². The van der Waals surface area contributed by atoms with Crippen molar-refractivity contribution >= 4 is 34.0 Å².